The maximum atomic E-state index is 11.7. The summed E-state index contributed by atoms with van der Waals surface area (Å²) >= 11 is 1.57. The van der Waals surface area contributed by atoms with Crippen LogP contribution >= 0.6 is 11.3 Å². The number of anilines is 1. The second-order valence-corrected chi connectivity index (χ2v) is 6.22. The lowest BCUT2D eigenvalue weighted by atomic mass is 9.87. The van der Waals surface area contributed by atoms with E-state index in [0.29, 0.717) is 12.5 Å². The van der Waals surface area contributed by atoms with Crippen molar-refractivity contribution in [1.29, 1.82) is 0 Å². The van der Waals surface area contributed by atoms with E-state index in [1.165, 1.54) is 4.88 Å². The zero-order chi connectivity index (χ0) is 13.0. The minimum atomic E-state index is -0.187. The highest BCUT2D eigenvalue weighted by Gasteiger charge is 2.20. The Morgan fingerprint density at radius 2 is 2.33 bits per heavy atom. The third kappa shape index (κ3) is 3.99. The summed E-state index contributed by atoms with van der Waals surface area (Å²) < 4.78 is 0. The molecule has 1 heterocycles. The molecule has 2 atom stereocenters. The Bertz CT molecular complexity index is 405. The lowest BCUT2D eigenvalue weighted by Gasteiger charge is -2.25. The molecule has 1 fully saturated rings. The van der Waals surface area contributed by atoms with Crippen molar-refractivity contribution in [2.75, 3.05) is 11.9 Å². The molecular formula is C13H20N2O2S. The third-order valence-electron chi connectivity index (χ3n) is 3.28. The van der Waals surface area contributed by atoms with Gasteiger partial charge in [-0.15, -0.1) is 11.3 Å². The molecule has 0 bridgehead atoms. The molecule has 1 saturated carbocycles. The van der Waals surface area contributed by atoms with Gasteiger partial charge in [0.05, 0.1) is 11.1 Å². The van der Waals surface area contributed by atoms with Crippen LogP contribution in [0.15, 0.2) is 12.1 Å². The Balaban J connectivity index is 1.71. The number of carbonyl (C=O) groups is 1. The molecule has 1 aliphatic carbocycles. The smallest absolute Gasteiger partial charge is 0.319 e. The summed E-state index contributed by atoms with van der Waals surface area (Å²) in [7, 11) is 0. The Morgan fingerprint density at radius 1 is 1.50 bits per heavy atom. The van der Waals surface area contributed by atoms with Crippen LogP contribution in [-0.2, 0) is 0 Å². The molecule has 100 valence electrons. The van der Waals surface area contributed by atoms with E-state index in [-0.39, 0.29) is 12.1 Å². The van der Waals surface area contributed by atoms with Gasteiger partial charge in [-0.05, 0) is 44.2 Å². The van der Waals surface area contributed by atoms with Crippen LogP contribution in [0.4, 0.5) is 9.80 Å². The van der Waals surface area contributed by atoms with Crippen molar-refractivity contribution in [2.24, 2.45) is 5.92 Å². The summed E-state index contributed by atoms with van der Waals surface area (Å²) in [6.45, 7) is 2.66. The fourth-order valence-corrected chi connectivity index (χ4v) is 3.11. The van der Waals surface area contributed by atoms with Gasteiger partial charge in [0.25, 0.3) is 0 Å². The van der Waals surface area contributed by atoms with E-state index in [1.807, 2.05) is 19.1 Å². The van der Waals surface area contributed by atoms with Crippen molar-refractivity contribution in [1.82, 2.24) is 5.32 Å². The number of nitrogens with one attached hydrogen (secondary N) is 2. The first-order chi connectivity index (χ1) is 8.63. The zero-order valence-electron chi connectivity index (χ0n) is 10.6. The first-order valence-corrected chi connectivity index (χ1v) is 7.24. The molecule has 1 aliphatic rings. The summed E-state index contributed by atoms with van der Waals surface area (Å²) in [5.74, 6) is 0.407. The lowest BCUT2D eigenvalue weighted by molar-refractivity contribution is 0.101. The predicted molar refractivity (Wildman–Crippen MR) is 74.0 cm³/mol. The molecule has 18 heavy (non-hydrogen) atoms. The zero-order valence-corrected chi connectivity index (χ0v) is 11.4. The Hall–Kier alpha value is -1.07. The van der Waals surface area contributed by atoms with Crippen LogP contribution in [0.3, 0.4) is 0 Å². The average molecular weight is 268 g/mol. The van der Waals surface area contributed by atoms with Crippen molar-refractivity contribution >= 4 is 22.4 Å². The highest BCUT2D eigenvalue weighted by Crippen LogP contribution is 2.23. The van der Waals surface area contributed by atoms with Crippen LogP contribution in [0.2, 0.25) is 0 Å². The monoisotopic (exact) mass is 268 g/mol. The molecule has 1 aromatic rings. The number of thiophene rings is 1. The molecule has 0 radical (unpaired) electrons. The number of amides is 2. The first-order valence-electron chi connectivity index (χ1n) is 6.43. The van der Waals surface area contributed by atoms with Gasteiger partial charge in [0.15, 0.2) is 0 Å². The van der Waals surface area contributed by atoms with E-state index in [9.17, 15) is 9.90 Å². The third-order valence-corrected chi connectivity index (χ3v) is 4.20. The Morgan fingerprint density at radius 3 is 3.00 bits per heavy atom. The summed E-state index contributed by atoms with van der Waals surface area (Å²) in [5.41, 5.74) is 0. The predicted octanol–water partition coefficient (Wildman–Crippen LogP) is 2.73. The van der Waals surface area contributed by atoms with Gasteiger partial charge in [0.2, 0.25) is 0 Å². The number of carbonyl (C=O) groups excluding carboxylic acids is 1. The largest absolute Gasteiger partial charge is 0.393 e. The van der Waals surface area contributed by atoms with Crippen molar-refractivity contribution < 1.29 is 9.90 Å². The van der Waals surface area contributed by atoms with E-state index in [1.54, 1.807) is 11.3 Å². The summed E-state index contributed by atoms with van der Waals surface area (Å²) in [6, 6.07) is 3.73. The van der Waals surface area contributed by atoms with Gasteiger partial charge < -0.3 is 10.4 Å². The van der Waals surface area contributed by atoms with Gasteiger partial charge in [0.1, 0.15) is 0 Å². The molecule has 4 nitrogen and oxygen atoms in total. The number of aryl methyl sites for hydroxylation is 1. The molecule has 0 aliphatic heterocycles. The molecule has 0 saturated heterocycles. The van der Waals surface area contributed by atoms with Crippen molar-refractivity contribution in [3.8, 4) is 0 Å². The van der Waals surface area contributed by atoms with Crippen LogP contribution in [-0.4, -0.2) is 23.8 Å². The van der Waals surface area contributed by atoms with E-state index >= 15 is 0 Å². The normalized spacial score (nSPS) is 23.7. The molecule has 3 N–H and O–H groups in total. The van der Waals surface area contributed by atoms with E-state index < -0.39 is 0 Å². The standard InChI is InChI=1S/C13H20N2O2S/c1-9-5-6-12(18-9)15-13(17)14-8-10-3-2-4-11(16)7-10/h5-6,10-11,16H,2-4,7-8H2,1H3,(H2,14,15,17). The van der Waals surface area contributed by atoms with Gasteiger partial charge in [-0.2, -0.15) is 0 Å². The van der Waals surface area contributed by atoms with Gasteiger partial charge in [-0.3, -0.25) is 5.32 Å². The minimum Gasteiger partial charge on any atom is -0.393 e. The molecular weight excluding hydrogens is 248 g/mol. The second-order valence-electron chi connectivity index (χ2n) is 4.93. The van der Waals surface area contributed by atoms with Gasteiger partial charge in [-0.25, -0.2) is 4.79 Å². The van der Waals surface area contributed by atoms with Crippen LogP contribution in [0.5, 0.6) is 0 Å². The molecule has 1 aromatic heterocycles. The molecule has 2 rings (SSSR count). The second kappa shape index (κ2) is 6.20. The molecule has 2 amide bonds. The molecule has 5 heteroatoms. The van der Waals surface area contributed by atoms with Crippen LogP contribution in [0.1, 0.15) is 30.6 Å². The van der Waals surface area contributed by atoms with E-state index in [0.717, 1.165) is 30.7 Å². The highest BCUT2D eigenvalue weighted by molar-refractivity contribution is 7.16. The Kier molecular flexibility index (Phi) is 4.60. The average Bonchev–Trinajstić information content (AvgIpc) is 2.72. The lowest BCUT2D eigenvalue weighted by Crippen LogP contribution is -2.35. The highest BCUT2D eigenvalue weighted by atomic mass is 32.1. The van der Waals surface area contributed by atoms with Gasteiger partial charge >= 0.3 is 6.03 Å². The molecule has 0 aromatic carbocycles. The van der Waals surface area contributed by atoms with E-state index in [4.69, 9.17) is 0 Å². The SMILES string of the molecule is Cc1ccc(NC(=O)NCC2CCCC(O)C2)s1. The van der Waals surface area contributed by atoms with Gasteiger partial charge in [-0.1, -0.05) is 6.42 Å². The maximum Gasteiger partial charge on any atom is 0.319 e. The summed E-state index contributed by atoms with van der Waals surface area (Å²) in [4.78, 5) is 12.8. The Labute approximate surface area is 111 Å². The van der Waals surface area contributed by atoms with Crippen LogP contribution in [0, 0.1) is 12.8 Å². The number of hydrogen-bond donors (Lipinski definition) is 3. The van der Waals surface area contributed by atoms with Gasteiger partial charge in [0, 0.05) is 11.4 Å². The van der Waals surface area contributed by atoms with Crippen molar-refractivity contribution in [3.05, 3.63) is 17.0 Å². The van der Waals surface area contributed by atoms with Crippen LogP contribution < -0.4 is 10.6 Å². The number of hydrogen-bond acceptors (Lipinski definition) is 3. The minimum absolute atomic E-state index is 0.156. The van der Waals surface area contributed by atoms with E-state index in [2.05, 4.69) is 10.6 Å². The quantitative estimate of drug-likeness (QED) is 0.789. The first kappa shape index (κ1) is 13.4. The summed E-state index contributed by atoms with van der Waals surface area (Å²) in [5, 5.41) is 16.1. The summed E-state index contributed by atoms with van der Waals surface area (Å²) in [6.07, 6.45) is 3.66. The molecule has 0 spiro atoms. The topological polar surface area (TPSA) is 61.4 Å². The maximum absolute atomic E-state index is 11.7. The fraction of sp³-hybridized carbons (Fsp3) is 0.615. The van der Waals surface area contributed by atoms with Crippen molar-refractivity contribution in [3.63, 3.8) is 0 Å². The number of rotatable bonds is 3. The number of aliphatic hydroxyl groups is 1. The van der Waals surface area contributed by atoms with Crippen molar-refractivity contribution in [2.45, 2.75) is 38.7 Å². The molecule has 2 unspecified atom stereocenters. The fourth-order valence-electron chi connectivity index (χ4n) is 2.34. The number of urea groups is 1. The van der Waals surface area contributed by atoms with Crippen LogP contribution in [0.25, 0.3) is 0 Å². The number of aliphatic hydroxyl groups excluding tert-OH is 1.